The summed E-state index contributed by atoms with van der Waals surface area (Å²) < 4.78 is 24.1. The number of nitrogens with zero attached hydrogens (tertiary/aromatic N) is 1. The van der Waals surface area contributed by atoms with Crippen molar-refractivity contribution >= 4 is 31.4 Å². The summed E-state index contributed by atoms with van der Waals surface area (Å²) in [5.41, 5.74) is 2.20. The fourth-order valence-corrected chi connectivity index (χ4v) is 4.89. The summed E-state index contributed by atoms with van der Waals surface area (Å²) in [7, 11) is -2.79. The van der Waals surface area contributed by atoms with E-state index in [1.807, 2.05) is 17.6 Å². The molecule has 1 N–H and O–H groups in total. The predicted octanol–water partition coefficient (Wildman–Crippen LogP) is 2.52. The summed E-state index contributed by atoms with van der Waals surface area (Å²) in [6.07, 6.45) is 3.33. The van der Waals surface area contributed by atoms with Gasteiger partial charge >= 0.3 is 0 Å². The van der Waals surface area contributed by atoms with Gasteiger partial charge in [-0.25, -0.2) is 8.42 Å². The van der Waals surface area contributed by atoms with Crippen molar-refractivity contribution < 1.29 is 8.42 Å². The monoisotopic (exact) mass is 310 g/mol. The lowest BCUT2D eigenvalue weighted by molar-refractivity contribution is 0.420. The maximum absolute atomic E-state index is 11.4. The van der Waals surface area contributed by atoms with Gasteiger partial charge in [-0.2, -0.15) is 0 Å². The third kappa shape index (κ3) is 3.02. The zero-order chi connectivity index (χ0) is 14.2. The molecular formula is C14H18N2O2S2. The zero-order valence-corrected chi connectivity index (χ0v) is 13.0. The second-order valence-corrected chi connectivity index (χ2v) is 8.64. The van der Waals surface area contributed by atoms with Gasteiger partial charge in [0.15, 0.2) is 0 Å². The molecule has 0 amide bonds. The van der Waals surface area contributed by atoms with Gasteiger partial charge in [-0.15, -0.1) is 11.3 Å². The number of hydrogen-bond donors (Lipinski definition) is 1. The van der Waals surface area contributed by atoms with E-state index >= 15 is 0 Å². The number of thiophene rings is 1. The van der Waals surface area contributed by atoms with E-state index < -0.39 is 9.84 Å². The first-order chi connectivity index (χ1) is 9.53. The molecule has 1 atom stereocenters. The standard InChI is InChI=1S/C14H18N2O2S2/c1-10(16-12-3-6-20(17,18)7-4-12)11-8-14-13(15-9-11)2-5-19-14/h2,5,8-10,12,16H,3-4,6-7H2,1H3. The lowest BCUT2D eigenvalue weighted by Gasteiger charge is -2.26. The highest BCUT2D eigenvalue weighted by molar-refractivity contribution is 7.91. The van der Waals surface area contributed by atoms with Crippen molar-refractivity contribution in [3.8, 4) is 0 Å². The second-order valence-electron chi connectivity index (χ2n) is 5.39. The molecule has 1 saturated heterocycles. The zero-order valence-electron chi connectivity index (χ0n) is 11.4. The Morgan fingerprint density at radius 2 is 2.15 bits per heavy atom. The molecule has 0 aromatic carbocycles. The number of aromatic nitrogens is 1. The van der Waals surface area contributed by atoms with Gasteiger partial charge < -0.3 is 5.32 Å². The second kappa shape index (κ2) is 5.42. The molecule has 20 heavy (non-hydrogen) atoms. The van der Waals surface area contributed by atoms with E-state index in [4.69, 9.17) is 0 Å². The van der Waals surface area contributed by atoms with Crippen LogP contribution in [0.1, 0.15) is 31.4 Å². The third-order valence-electron chi connectivity index (χ3n) is 3.86. The number of rotatable bonds is 3. The van der Waals surface area contributed by atoms with Gasteiger partial charge in [0.2, 0.25) is 0 Å². The molecule has 0 radical (unpaired) electrons. The molecule has 2 aromatic heterocycles. The summed E-state index contributed by atoms with van der Waals surface area (Å²) in [6.45, 7) is 2.11. The lowest BCUT2D eigenvalue weighted by atomic mass is 10.1. The van der Waals surface area contributed by atoms with Crippen molar-refractivity contribution in [2.75, 3.05) is 11.5 Å². The molecule has 2 aromatic rings. The number of pyridine rings is 1. The minimum atomic E-state index is -2.79. The van der Waals surface area contributed by atoms with Crippen LogP contribution in [0.2, 0.25) is 0 Å². The maximum atomic E-state index is 11.4. The highest BCUT2D eigenvalue weighted by Crippen LogP contribution is 2.24. The van der Waals surface area contributed by atoms with Crippen molar-refractivity contribution in [2.24, 2.45) is 0 Å². The quantitative estimate of drug-likeness (QED) is 0.946. The smallest absolute Gasteiger partial charge is 0.150 e. The molecular weight excluding hydrogens is 292 g/mol. The van der Waals surface area contributed by atoms with Crippen molar-refractivity contribution in [2.45, 2.75) is 31.8 Å². The molecule has 0 aliphatic carbocycles. The minimum absolute atomic E-state index is 0.194. The van der Waals surface area contributed by atoms with Gasteiger partial charge in [0.25, 0.3) is 0 Å². The number of hydrogen-bond acceptors (Lipinski definition) is 5. The Morgan fingerprint density at radius 3 is 2.90 bits per heavy atom. The Bertz CT molecular complexity index is 695. The van der Waals surface area contributed by atoms with Crippen molar-refractivity contribution in [3.63, 3.8) is 0 Å². The highest BCUT2D eigenvalue weighted by atomic mass is 32.2. The molecule has 6 heteroatoms. The van der Waals surface area contributed by atoms with E-state index in [0.717, 1.165) is 11.1 Å². The molecule has 1 aliphatic rings. The molecule has 0 bridgehead atoms. The number of fused-ring (bicyclic) bond motifs is 1. The lowest BCUT2D eigenvalue weighted by Crippen LogP contribution is -2.38. The van der Waals surface area contributed by atoms with E-state index in [0.29, 0.717) is 24.3 Å². The summed E-state index contributed by atoms with van der Waals surface area (Å²) >= 11 is 1.70. The molecule has 108 valence electrons. The Labute approximate surface area is 123 Å². The van der Waals surface area contributed by atoms with Crippen LogP contribution in [0.4, 0.5) is 0 Å². The maximum Gasteiger partial charge on any atom is 0.150 e. The van der Waals surface area contributed by atoms with E-state index in [-0.39, 0.29) is 12.1 Å². The summed E-state index contributed by atoms with van der Waals surface area (Å²) in [6, 6.07) is 4.67. The Morgan fingerprint density at radius 1 is 1.40 bits per heavy atom. The largest absolute Gasteiger partial charge is 0.307 e. The van der Waals surface area contributed by atoms with Crippen LogP contribution in [-0.2, 0) is 9.84 Å². The fraction of sp³-hybridized carbons (Fsp3) is 0.500. The average molecular weight is 310 g/mol. The first-order valence-electron chi connectivity index (χ1n) is 6.83. The minimum Gasteiger partial charge on any atom is -0.307 e. The normalized spacial score (nSPS) is 21.1. The average Bonchev–Trinajstić information content (AvgIpc) is 2.88. The first kappa shape index (κ1) is 14.0. The summed E-state index contributed by atoms with van der Waals surface area (Å²) in [4.78, 5) is 4.45. The van der Waals surface area contributed by atoms with Gasteiger partial charge in [0, 0.05) is 18.3 Å². The Kier molecular flexibility index (Phi) is 3.79. The van der Waals surface area contributed by atoms with Crippen LogP contribution in [0.25, 0.3) is 10.2 Å². The van der Waals surface area contributed by atoms with Gasteiger partial charge in [-0.3, -0.25) is 4.98 Å². The fourth-order valence-electron chi connectivity index (χ4n) is 2.60. The van der Waals surface area contributed by atoms with Crippen LogP contribution in [0, 0.1) is 0 Å². The highest BCUT2D eigenvalue weighted by Gasteiger charge is 2.24. The summed E-state index contributed by atoms with van der Waals surface area (Å²) in [5.74, 6) is 0.610. The van der Waals surface area contributed by atoms with Crippen LogP contribution in [0.5, 0.6) is 0 Å². The van der Waals surface area contributed by atoms with Crippen LogP contribution >= 0.6 is 11.3 Å². The first-order valence-corrected chi connectivity index (χ1v) is 9.53. The Hall–Kier alpha value is -0.980. The van der Waals surface area contributed by atoms with Crippen molar-refractivity contribution in [3.05, 3.63) is 29.3 Å². The third-order valence-corrected chi connectivity index (χ3v) is 6.43. The predicted molar refractivity (Wildman–Crippen MR) is 82.8 cm³/mol. The summed E-state index contributed by atoms with van der Waals surface area (Å²) in [5, 5.41) is 5.58. The molecule has 3 rings (SSSR count). The topological polar surface area (TPSA) is 59.1 Å². The van der Waals surface area contributed by atoms with Gasteiger partial charge in [0.05, 0.1) is 21.7 Å². The molecule has 1 unspecified atom stereocenters. The van der Waals surface area contributed by atoms with Crippen LogP contribution < -0.4 is 5.32 Å². The Balaban J connectivity index is 1.68. The van der Waals surface area contributed by atoms with Crippen LogP contribution in [0.15, 0.2) is 23.7 Å². The molecule has 1 fully saturated rings. The van der Waals surface area contributed by atoms with E-state index in [1.165, 1.54) is 4.70 Å². The molecule has 4 nitrogen and oxygen atoms in total. The number of nitrogens with one attached hydrogen (secondary N) is 1. The van der Waals surface area contributed by atoms with Gasteiger partial charge in [-0.1, -0.05) is 0 Å². The molecule has 3 heterocycles. The van der Waals surface area contributed by atoms with Crippen LogP contribution in [0.3, 0.4) is 0 Å². The van der Waals surface area contributed by atoms with Gasteiger partial charge in [0.1, 0.15) is 9.84 Å². The van der Waals surface area contributed by atoms with E-state index in [1.54, 1.807) is 11.3 Å². The van der Waals surface area contributed by atoms with Crippen molar-refractivity contribution in [1.82, 2.24) is 10.3 Å². The molecule has 1 aliphatic heterocycles. The van der Waals surface area contributed by atoms with Gasteiger partial charge in [-0.05, 0) is 42.8 Å². The SMILES string of the molecule is CC(NC1CCS(=O)(=O)CC1)c1cnc2ccsc2c1. The number of sulfone groups is 1. The molecule has 0 spiro atoms. The van der Waals surface area contributed by atoms with Crippen molar-refractivity contribution in [1.29, 1.82) is 0 Å². The molecule has 0 saturated carbocycles. The van der Waals surface area contributed by atoms with Crippen LogP contribution in [-0.4, -0.2) is 30.9 Å². The van der Waals surface area contributed by atoms with E-state index in [9.17, 15) is 8.42 Å². The van der Waals surface area contributed by atoms with E-state index in [2.05, 4.69) is 23.3 Å².